The largest absolute Gasteiger partial charge is 0.461 e. The van der Waals surface area contributed by atoms with Crippen molar-refractivity contribution < 1.29 is 22.3 Å². The van der Waals surface area contributed by atoms with Crippen molar-refractivity contribution in [2.75, 3.05) is 0 Å². The Balaban J connectivity index is 1.34. The summed E-state index contributed by atoms with van der Waals surface area (Å²) >= 11 is 0. The normalized spacial score (nSPS) is 25.2. The molecule has 35 heavy (non-hydrogen) atoms. The maximum Gasteiger partial charge on any atom is 0.461 e. The molecule has 0 aliphatic heterocycles. The van der Waals surface area contributed by atoms with Gasteiger partial charge in [-0.05, 0) is 80.5 Å². The molecular formula is C30H42F4O. The Kier molecular flexibility index (Phi) is 11.3. The summed E-state index contributed by atoms with van der Waals surface area (Å²) in [5.74, 6) is 9.23. The minimum atomic E-state index is -4.49. The molecule has 0 N–H and O–H groups in total. The van der Waals surface area contributed by atoms with Gasteiger partial charge in [0.2, 0.25) is 0 Å². The van der Waals surface area contributed by atoms with Gasteiger partial charge in [-0.25, -0.2) is 0 Å². The molecule has 0 bridgehead atoms. The van der Waals surface area contributed by atoms with E-state index in [0.717, 1.165) is 30.6 Å². The zero-order chi connectivity index (χ0) is 25.1. The summed E-state index contributed by atoms with van der Waals surface area (Å²) in [6.07, 6.45) is 11.8. The lowest BCUT2D eigenvalue weighted by Gasteiger charge is -2.37. The number of unbranched alkanes of at least 4 members (excludes halogenated alkanes) is 5. The molecule has 0 aromatic heterocycles. The van der Waals surface area contributed by atoms with E-state index in [2.05, 4.69) is 23.5 Å². The molecule has 1 aromatic rings. The van der Waals surface area contributed by atoms with Crippen LogP contribution in [0.1, 0.15) is 109 Å². The van der Waals surface area contributed by atoms with Crippen LogP contribution in [0, 0.1) is 35.5 Å². The highest BCUT2D eigenvalue weighted by atomic mass is 19.3. The Hall–Kier alpha value is -1.70. The monoisotopic (exact) mass is 494 g/mol. The number of rotatable bonds is 11. The molecule has 0 spiro atoms. The minimum absolute atomic E-state index is 0.289. The van der Waals surface area contributed by atoms with Crippen LogP contribution in [0.25, 0.3) is 0 Å². The van der Waals surface area contributed by atoms with Crippen molar-refractivity contribution >= 4 is 0 Å². The van der Waals surface area contributed by atoms with E-state index < -0.39 is 12.5 Å². The molecule has 5 heteroatoms. The predicted molar refractivity (Wildman–Crippen MR) is 134 cm³/mol. The second kappa shape index (κ2) is 14.1. The van der Waals surface area contributed by atoms with Gasteiger partial charge in [0.25, 0.3) is 0 Å². The Morgan fingerprint density at radius 3 is 2.00 bits per heavy atom. The molecule has 0 amide bonds. The van der Waals surface area contributed by atoms with Crippen LogP contribution in [0.15, 0.2) is 24.3 Å². The molecule has 2 aliphatic carbocycles. The van der Waals surface area contributed by atoms with Gasteiger partial charge in [0.05, 0.1) is 0 Å². The molecule has 0 heterocycles. The molecule has 1 aromatic carbocycles. The fraction of sp³-hybridized carbons (Fsp3) is 0.733. The summed E-state index contributed by atoms with van der Waals surface area (Å²) in [5, 5.41) is 0. The third-order valence-corrected chi connectivity index (χ3v) is 8.08. The number of benzene rings is 1. The number of ether oxygens (including phenoxy) is 1. The van der Waals surface area contributed by atoms with Crippen LogP contribution >= 0.6 is 0 Å². The Bertz CT molecular complexity index is 779. The van der Waals surface area contributed by atoms with Gasteiger partial charge in [-0.3, -0.25) is 0 Å². The molecular weight excluding hydrogens is 452 g/mol. The van der Waals surface area contributed by atoms with E-state index in [0.29, 0.717) is 11.5 Å². The molecule has 0 unspecified atom stereocenters. The zero-order valence-corrected chi connectivity index (χ0v) is 21.2. The average molecular weight is 495 g/mol. The highest BCUT2D eigenvalue weighted by Crippen LogP contribution is 2.42. The van der Waals surface area contributed by atoms with E-state index in [4.69, 9.17) is 0 Å². The number of hydrogen-bond acceptors (Lipinski definition) is 1. The molecule has 196 valence electrons. The first-order valence-corrected chi connectivity index (χ1v) is 13.8. The molecule has 2 fully saturated rings. The lowest BCUT2D eigenvalue weighted by Crippen LogP contribution is -2.33. The van der Waals surface area contributed by atoms with Gasteiger partial charge in [0, 0.05) is 11.5 Å². The predicted octanol–water partition coefficient (Wildman–Crippen LogP) is 9.64. The van der Waals surface area contributed by atoms with Gasteiger partial charge in [-0.1, -0.05) is 76.6 Å². The fourth-order valence-electron chi connectivity index (χ4n) is 5.89. The summed E-state index contributed by atoms with van der Waals surface area (Å²) < 4.78 is 54.6. The van der Waals surface area contributed by atoms with Crippen molar-refractivity contribution in [3.05, 3.63) is 29.8 Å². The van der Waals surface area contributed by atoms with Crippen LogP contribution in [-0.2, 0) is 0 Å². The zero-order valence-electron chi connectivity index (χ0n) is 21.2. The van der Waals surface area contributed by atoms with Crippen molar-refractivity contribution in [1.82, 2.24) is 0 Å². The van der Waals surface area contributed by atoms with Crippen LogP contribution in [0.2, 0.25) is 0 Å². The van der Waals surface area contributed by atoms with E-state index in [-0.39, 0.29) is 5.75 Å². The smallest absolute Gasteiger partial charge is 0.428 e. The summed E-state index contributed by atoms with van der Waals surface area (Å²) in [6.45, 7) is 2.27. The van der Waals surface area contributed by atoms with Gasteiger partial charge in [-0.15, -0.1) is 0 Å². The van der Waals surface area contributed by atoms with Crippen LogP contribution in [0.3, 0.4) is 0 Å². The molecule has 0 radical (unpaired) electrons. The average Bonchev–Trinajstić information content (AvgIpc) is 2.86. The maximum atomic E-state index is 13.0. The third kappa shape index (κ3) is 9.36. The van der Waals surface area contributed by atoms with Crippen LogP contribution in [-0.4, -0.2) is 12.5 Å². The first-order chi connectivity index (χ1) is 16.9. The molecule has 3 rings (SSSR count). The topological polar surface area (TPSA) is 9.23 Å². The van der Waals surface area contributed by atoms with Gasteiger partial charge < -0.3 is 4.74 Å². The Morgan fingerprint density at radius 2 is 1.40 bits per heavy atom. The van der Waals surface area contributed by atoms with Gasteiger partial charge in [0.1, 0.15) is 5.75 Å². The highest BCUT2D eigenvalue weighted by Gasteiger charge is 2.43. The third-order valence-electron chi connectivity index (χ3n) is 8.08. The van der Waals surface area contributed by atoms with Crippen molar-refractivity contribution in [2.45, 2.75) is 116 Å². The van der Waals surface area contributed by atoms with Crippen LogP contribution in [0.5, 0.6) is 5.75 Å². The number of alkyl halides is 4. The SMILES string of the molecule is CCCCCCCC[C@H]1CC[C@H]([C@H]2CC[C@H](C#Cc3ccc(OC(F)(F)C(F)F)cc3)CC2)CC1. The first kappa shape index (κ1) is 27.9. The Morgan fingerprint density at radius 1 is 0.829 bits per heavy atom. The molecule has 0 saturated heterocycles. The molecule has 1 nitrogen and oxygen atoms in total. The molecule has 0 atom stereocenters. The van der Waals surface area contributed by atoms with E-state index in [1.165, 1.54) is 95.6 Å². The van der Waals surface area contributed by atoms with Crippen molar-refractivity contribution in [3.8, 4) is 17.6 Å². The Labute approximate surface area is 209 Å². The molecule has 2 aliphatic rings. The maximum absolute atomic E-state index is 13.0. The fourth-order valence-corrected chi connectivity index (χ4v) is 5.89. The second-order valence-corrected chi connectivity index (χ2v) is 10.7. The first-order valence-electron chi connectivity index (χ1n) is 13.8. The van der Waals surface area contributed by atoms with E-state index in [1.807, 2.05) is 0 Å². The lowest BCUT2D eigenvalue weighted by molar-refractivity contribution is -0.253. The lowest BCUT2D eigenvalue weighted by atomic mass is 9.69. The van der Waals surface area contributed by atoms with Crippen LogP contribution < -0.4 is 4.74 Å². The highest BCUT2D eigenvalue weighted by molar-refractivity contribution is 5.38. The standard InChI is InChI=1S/C30H42F4O/c1-2-3-4-5-6-7-8-23-11-17-26(18-12-23)27-19-13-24(14-20-27)9-10-25-15-21-28(22-16-25)35-30(33,34)29(31)32/h15-16,21-24,26-27,29H,2-8,11-14,17-20H2,1H3/t23-,24-,26-,27-. The summed E-state index contributed by atoms with van der Waals surface area (Å²) in [7, 11) is 0. The van der Waals surface area contributed by atoms with Crippen molar-refractivity contribution in [1.29, 1.82) is 0 Å². The second-order valence-electron chi connectivity index (χ2n) is 10.7. The number of halogens is 4. The summed E-state index contributed by atoms with van der Waals surface area (Å²) in [5.41, 5.74) is 0.684. The van der Waals surface area contributed by atoms with E-state index in [9.17, 15) is 17.6 Å². The van der Waals surface area contributed by atoms with Gasteiger partial charge in [0.15, 0.2) is 0 Å². The molecule has 2 saturated carbocycles. The summed E-state index contributed by atoms with van der Waals surface area (Å²) in [6, 6.07) is 5.61. The van der Waals surface area contributed by atoms with Crippen molar-refractivity contribution in [2.24, 2.45) is 23.7 Å². The minimum Gasteiger partial charge on any atom is -0.428 e. The quantitative estimate of drug-likeness (QED) is 0.169. The van der Waals surface area contributed by atoms with Crippen molar-refractivity contribution in [3.63, 3.8) is 0 Å². The number of hydrogen-bond donors (Lipinski definition) is 0. The van der Waals surface area contributed by atoms with E-state index >= 15 is 0 Å². The van der Waals surface area contributed by atoms with Gasteiger partial charge >= 0.3 is 12.5 Å². The summed E-state index contributed by atoms with van der Waals surface area (Å²) in [4.78, 5) is 0. The van der Waals surface area contributed by atoms with Gasteiger partial charge in [-0.2, -0.15) is 17.6 Å². The van der Waals surface area contributed by atoms with E-state index in [1.54, 1.807) is 12.1 Å². The van der Waals surface area contributed by atoms with Crippen LogP contribution in [0.4, 0.5) is 17.6 Å².